The van der Waals surface area contributed by atoms with E-state index < -0.39 is 41.8 Å². The minimum absolute atomic E-state index is 0.117. The Bertz CT molecular complexity index is 2470. The SMILES string of the molecule is O=C1C(=Nc2cnc(-c3cc4c(s3)c3sc5ccccc5c3n4C(=O)OCc3ccccc3)c3nsnc23)C(=O)C2CC(F)C(F)CC12. The van der Waals surface area contributed by atoms with E-state index in [2.05, 4.69) is 18.7 Å². The monoisotopic (exact) mass is 697 g/mol. The van der Waals surface area contributed by atoms with Gasteiger partial charge in [0.25, 0.3) is 0 Å². The lowest BCUT2D eigenvalue weighted by Crippen LogP contribution is -2.35. The van der Waals surface area contributed by atoms with Crippen LogP contribution in [0.1, 0.15) is 18.4 Å². The second kappa shape index (κ2) is 11.1. The number of aromatic nitrogens is 4. The Labute approximate surface area is 281 Å². The van der Waals surface area contributed by atoms with Crippen molar-refractivity contribution >= 4 is 105 Å². The largest absolute Gasteiger partial charge is 0.444 e. The molecule has 0 amide bonds. The average Bonchev–Trinajstić information content (AvgIpc) is 3.91. The maximum Gasteiger partial charge on any atom is 0.419 e. The van der Waals surface area contributed by atoms with E-state index in [0.717, 1.165) is 47.2 Å². The van der Waals surface area contributed by atoms with Gasteiger partial charge in [-0.05, 0) is 30.5 Å². The van der Waals surface area contributed by atoms with Crippen molar-refractivity contribution in [2.45, 2.75) is 31.8 Å². The summed E-state index contributed by atoms with van der Waals surface area (Å²) < 4.78 is 47.3. The van der Waals surface area contributed by atoms with Crippen molar-refractivity contribution in [3.8, 4) is 10.6 Å². The van der Waals surface area contributed by atoms with Crippen molar-refractivity contribution in [3.05, 3.63) is 72.4 Å². The van der Waals surface area contributed by atoms with Crippen LogP contribution in [-0.2, 0) is 20.9 Å². The number of pyridine rings is 1. The highest BCUT2D eigenvalue weighted by atomic mass is 32.1. The number of hydrogen-bond acceptors (Lipinski definition) is 11. The predicted octanol–water partition coefficient (Wildman–Crippen LogP) is 8.25. The third kappa shape index (κ3) is 4.46. The Balaban J connectivity index is 1.13. The number of thiophene rings is 2. The summed E-state index contributed by atoms with van der Waals surface area (Å²) in [7, 11) is 0. The van der Waals surface area contributed by atoms with Crippen molar-refractivity contribution in [1.29, 1.82) is 0 Å². The van der Waals surface area contributed by atoms with E-state index in [9.17, 15) is 23.2 Å². The van der Waals surface area contributed by atoms with E-state index in [1.54, 1.807) is 15.9 Å². The van der Waals surface area contributed by atoms with E-state index in [0.29, 0.717) is 22.2 Å². The molecule has 9 nitrogen and oxygen atoms in total. The van der Waals surface area contributed by atoms with E-state index in [4.69, 9.17) is 4.74 Å². The third-order valence-corrected chi connectivity index (χ3v) is 12.0. The molecule has 0 saturated heterocycles. The number of rotatable bonds is 4. The van der Waals surface area contributed by atoms with Gasteiger partial charge in [0.1, 0.15) is 41.4 Å². The molecule has 2 aromatic carbocycles. The van der Waals surface area contributed by atoms with Gasteiger partial charge in [-0.15, -0.1) is 22.7 Å². The molecule has 5 heterocycles. The molecule has 48 heavy (non-hydrogen) atoms. The maximum atomic E-state index is 14.1. The number of carbonyl (C=O) groups excluding carboxylic acids is 3. The van der Waals surface area contributed by atoms with E-state index in [1.807, 2.05) is 60.7 Å². The highest BCUT2D eigenvalue weighted by molar-refractivity contribution is 7.32. The summed E-state index contributed by atoms with van der Waals surface area (Å²) in [6.07, 6.45) is -3.31. The number of nitrogens with zero attached hydrogens (tertiary/aromatic N) is 5. The van der Waals surface area contributed by atoms with Crippen LogP contribution in [0, 0.1) is 11.8 Å². The van der Waals surface area contributed by atoms with Crippen LogP contribution in [0.5, 0.6) is 0 Å². The molecule has 2 aliphatic rings. The lowest BCUT2D eigenvalue weighted by Gasteiger charge is -2.27. The normalized spacial score (nSPS) is 21.2. The quantitative estimate of drug-likeness (QED) is 0.182. The number of alkyl halides is 2. The van der Waals surface area contributed by atoms with Gasteiger partial charge < -0.3 is 4.74 Å². The molecule has 0 bridgehead atoms. The van der Waals surface area contributed by atoms with Gasteiger partial charge in [0, 0.05) is 21.9 Å². The van der Waals surface area contributed by atoms with Crippen molar-refractivity contribution in [1.82, 2.24) is 18.3 Å². The molecule has 7 aromatic rings. The first-order valence-electron chi connectivity index (χ1n) is 15.1. The zero-order valence-corrected chi connectivity index (χ0v) is 27.1. The summed E-state index contributed by atoms with van der Waals surface area (Å²) in [4.78, 5) is 49.7. The molecule has 4 atom stereocenters. The molecule has 4 unspecified atom stereocenters. The number of ketones is 2. The molecule has 14 heteroatoms. The molecule has 2 aliphatic carbocycles. The molecule has 0 radical (unpaired) electrons. The lowest BCUT2D eigenvalue weighted by atomic mass is 9.79. The topological polar surface area (TPSA) is 116 Å². The molecular weight excluding hydrogens is 677 g/mol. The van der Waals surface area contributed by atoms with Gasteiger partial charge in [-0.2, -0.15) is 8.75 Å². The third-order valence-electron chi connectivity index (χ3n) is 9.05. The summed E-state index contributed by atoms with van der Waals surface area (Å²) >= 11 is 3.99. The number of carbonyl (C=O) groups is 3. The van der Waals surface area contributed by atoms with Crippen LogP contribution in [0.3, 0.4) is 0 Å². The van der Waals surface area contributed by atoms with Crippen molar-refractivity contribution in [3.63, 3.8) is 0 Å². The van der Waals surface area contributed by atoms with Crippen LogP contribution >= 0.6 is 34.4 Å². The summed E-state index contributed by atoms with van der Waals surface area (Å²) in [6, 6.07) is 19.3. The number of aliphatic imine (C=N–C) groups is 1. The first kappa shape index (κ1) is 29.4. The van der Waals surface area contributed by atoms with E-state index >= 15 is 0 Å². The fourth-order valence-corrected chi connectivity index (χ4v) is 9.77. The molecule has 5 aromatic heterocycles. The summed E-state index contributed by atoms with van der Waals surface area (Å²) in [5.74, 6) is -2.98. The van der Waals surface area contributed by atoms with Gasteiger partial charge in [0.2, 0.25) is 0 Å². The minimum Gasteiger partial charge on any atom is -0.444 e. The highest BCUT2D eigenvalue weighted by Gasteiger charge is 2.52. The van der Waals surface area contributed by atoms with E-state index in [-0.39, 0.29) is 30.8 Å². The number of ether oxygens (including phenoxy) is 1. The van der Waals surface area contributed by atoms with Crippen LogP contribution in [0.25, 0.3) is 52.1 Å². The average molecular weight is 698 g/mol. The second-order valence-corrected chi connectivity index (χ2v) is 14.5. The maximum absolute atomic E-state index is 14.1. The predicted molar refractivity (Wildman–Crippen MR) is 182 cm³/mol. The van der Waals surface area contributed by atoms with Crippen LogP contribution < -0.4 is 0 Å². The Hall–Kier alpha value is -4.79. The first-order chi connectivity index (χ1) is 23.4. The van der Waals surface area contributed by atoms with E-state index in [1.165, 1.54) is 17.5 Å². The minimum atomic E-state index is -1.78. The van der Waals surface area contributed by atoms with Crippen LogP contribution in [0.4, 0.5) is 19.3 Å². The Morgan fingerprint density at radius 2 is 1.62 bits per heavy atom. The molecule has 2 saturated carbocycles. The Kier molecular flexibility index (Phi) is 6.81. The zero-order valence-electron chi connectivity index (χ0n) is 24.6. The van der Waals surface area contributed by atoms with Crippen LogP contribution in [-0.4, -0.2) is 54.0 Å². The van der Waals surface area contributed by atoms with Crippen molar-refractivity contribution < 1.29 is 27.9 Å². The molecule has 0 spiro atoms. The van der Waals surface area contributed by atoms with Crippen molar-refractivity contribution in [2.24, 2.45) is 16.8 Å². The molecule has 0 N–H and O–H groups in total. The van der Waals surface area contributed by atoms with Gasteiger partial charge in [-0.25, -0.2) is 23.1 Å². The zero-order chi connectivity index (χ0) is 32.7. The molecule has 0 aliphatic heterocycles. The standard InChI is InChI=1S/C34H21F2N5O4S3/c35-19-10-17-18(11-20(19)36)31(43)28(30(17)42)38-21-13-37-26(27-25(21)39-48-40-27)24-12-22-32(47-24)33-29(16-8-4-5-9-23(16)46-33)41(22)34(44)45-14-15-6-2-1-3-7-15/h1-9,12-13,17-20H,10-11,14H2. The second-order valence-electron chi connectivity index (χ2n) is 11.8. The van der Waals surface area contributed by atoms with Gasteiger partial charge >= 0.3 is 6.09 Å². The van der Waals surface area contributed by atoms with Gasteiger partial charge in [0.15, 0.2) is 17.3 Å². The summed E-state index contributed by atoms with van der Waals surface area (Å²) in [6.45, 7) is 0.117. The molecule has 238 valence electrons. The van der Waals surface area contributed by atoms with Crippen LogP contribution in [0.15, 0.2) is 71.9 Å². The Morgan fingerprint density at radius 3 is 2.40 bits per heavy atom. The highest BCUT2D eigenvalue weighted by Crippen LogP contribution is 2.47. The number of halogens is 2. The fraction of sp³-hybridized carbons (Fsp3) is 0.206. The van der Waals surface area contributed by atoms with Gasteiger partial charge in [-0.3, -0.25) is 14.6 Å². The van der Waals surface area contributed by atoms with Crippen molar-refractivity contribution in [2.75, 3.05) is 0 Å². The molecule has 9 rings (SSSR count). The molecule has 2 fully saturated rings. The number of hydrogen-bond donors (Lipinski definition) is 0. The smallest absolute Gasteiger partial charge is 0.419 e. The first-order valence-corrected chi connectivity index (χ1v) is 17.5. The fourth-order valence-electron chi connectivity index (χ4n) is 6.74. The van der Waals surface area contributed by atoms with Gasteiger partial charge in [0.05, 0.1) is 43.2 Å². The summed E-state index contributed by atoms with van der Waals surface area (Å²) in [5.41, 5.74) is 3.43. The number of benzene rings is 2. The summed E-state index contributed by atoms with van der Waals surface area (Å²) in [5, 5.41) is 0.951. The number of Topliss-reactive ketones (excluding diaryl/α,β-unsaturated/α-hetero) is 2. The van der Waals surface area contributed by atoms with Gasteiger partial charge in [-0.1, -0.05) is 48.5 Å². The number of fused-ring (bicyclic) bond motifs is 7. The Morgan fingerprint density at radius 1 is 0.917 bits per heavy atom. The lowest BCUT2D eigenvalue weighted by molar-refractivity contribution is -0.123. The van der Waals surface area contributed by atoms with Crippen LogP contribution in [0.2, 0.25) is 0 Å². The molecular formula is C34H21F2N5O4S3.